The van der Waals surface area contributed by atoms with Gasteiger partial charge in [0.05, 0.1) is 37.7 Å². The zero-order valence-corrected chi connectivity index (χ0v) is 26.2. The largest absolute Gasteiger partial charge is 0.486 e. The van der Waals surface area contributed by atoms with E-state index in [9.17, 15) is 14.7 Å². The second-order valence-corrected chi connectivity index (χ2v) is 12.5. The van der Waals surface area contributed by atoms with Crippen molar-refractivity contribution >= 4 is 11.8 Å². The van der Waals surface area contributed by atoms with Crippen molar-refractivity contribution in [1.82, 2.24) is 40.5 Å². The molecule has 0 spiro atoms. The van der Waals surface area contributed by atoms with Gasteiger partial charge in [0.25, 0.3) is 0 Å². The van der Waals surface area contributed by atoms with E-state index in [0.717, 1.165) is 38.3 Å². The molecule has 1 aromatic heterocycles. The fourth-order valence-electron chi connectivity index (χ4n) is 6.64. The number of likely N-dealkylation sites (tertiary alicyclic amines) is 1. The van der Waals surface area contributed by atoms with E-state index in [4.69, 9.17) is 13.9 Å². The Hall–Kier alpha value is -3.11. The molecule has 14 nitrogen and oxygen atoms in total. The normalized spacial score (nSPS) is 25.8. The molecule has 5 heterocycles. The van der Waals surface area contributed by atoms with Gasteiger partial charge in [0, 0.05) is 71.7 Å². The number of nitrogens with one attached hydrogen (secondary N) is 3. The second kappa shape index (κ2) is 14.5. The van der Waals surface area contributed by atoms with Crippen molar-refractivity contribution in [2.75, 3.05) is 66.1 Å². The number of β-amino-alcohol motifs (C(OH)–C–C–N with tert-alkyl or cyclic N) is 1. The number of carbonyl (C=O) groups excluding carboxylic acids is 2. The number of hydrogen-bond acceptors (Lipinski definition) is 12. The summed E-state index contributed by atoms with van der Waals surface area (Å²) in [4.78, 5) is 37.5. The van der Waals surface area contributed by atoms with E-state index in [1.54, 1.807) is 13.1 Å². The van der Waals surface area contributed by atoms with Gasteiger partial charge in [0.2, 0.25) is 11.8 Å². The summed E-state index contributed by atoms with van der Waals surface area (Å²) in [6.45, 7) is 8.35. The molecule has 2 aromatic rings. The molecule has 0 saturated carbocycles. The van der Waals surface area contributed by atoms with Crippen LogP contribution in [0.2, 0.25) is 0 Å². The summed E-state index contributed by atoms with van der Waals surface area (Å²) in [6, 6.07) is 5.93. The first-order valence-electron chi connectivity index (χ1n) is 15.9. The minimum absolute atomic E-state index is 0.0825. The number of amides is 2. The highest BCUT2D eigenvalue weighted by molar-refractivity contribution is 5.82. The molecule has 3 saturated heterocycles. The van der Waals surface area contributed by atoms with Gasteiger partial charge in [-0.05, 0) is 36.7 Å². The van der Waals surface area contributed by atoms with E-state index in [0.29, 0.717) is 51.6 Å². The molecule has 45 heavy (non-hydrogen) atoms. The molecule has 2 amide bonds. The van der Waals surface area contributed by atoms with Gasteiger partial charge in [-0.3, -0.25) is 34.9 Å². The quantitative estimate of drug-likeness (QED) is 0.246. The fraction of sp³-hybridized carbons (Fsp3) is 0.645. The Morgan fingerprint density at radius 3 is 2.78 bits per heavy atom. The van der Waals surface area contributed by atoms with Crippen LogP contribution >= 0.6 is 0 Å². The maximum atomic E-state index is 13.6. The van der Waals surface area contributed by atoms with Crippen molar-refractivity contribution in [3.8, 4) is 5.75 Å². The topological polar surface area (TPSA) is 148 Å². The average molecular weight is 627 g/mol. The van der Waals surface area contributed by atoms with Crippen molar-refractivity contribution in [1.29, 1.82) is 0 Å². The van der Waals surface area contributed by atoms with Gasteiger partial charge in [-0.2, -0.15) is 0 Å². The first kappa shape index (κ1) is 31.9. The van der Waals surface area contributed by atoms with Gasteiger partial charge in [-0.25, -0.2) is 4.98 Å². The van der Waals surface area contributed by atoms with Crippen LogP contribution in [0.15, 0.2) is 35.2 Å². The van der Waals surface area contributed by atoms with E-state index >= 15 is 0 Å². The van der Waals surface area contributed by atoms with Crippen molar-refractivity contribution in [2.45, 2.75) is 63.6 Å². The van der Waals surface area contributed by atoms with Crippen molar-refractivity contribution in [3.05, 3.63) is 47.7 Å². The molecule has 4 atom stereocenters. The van der Waals surface area contributed by atoms with E-state index in [-0.39, 0.29) is 42.9 Å². The number of rotatable bonds is 11. The number of morpholine rings is 1. The summed E-state index contributed by atoms with van der Waals surface area (Å²) in [5.41, 5.74) is 2.46. The van der Waals surface area contributed by atoms with Crippen LogP contribution in [-0.4, -0.2) is 138 Å². The maximum absolute atomic E-state index is 13.6. The van der Waals surface area contributed by atoms with E-state index in [1.165, 1.54) is 17.5 Å². The molecule has 1 aromatic carbocycles. The van der Waals surface area contributed by atoms with E-state index in [1.807, 2.05) is 18.0 Å². The molecule has 3 fully saturated rings. The van der Waals surface area contributed by atoms with Gasteiger partial charge >= 0.3 is 0 Å². The number of nitrogens with zero attached hydrogens (tertiary/aromatic N) is 5. The molecule has 6 rings (SSSR count). The van der Waals surface area contributed by atoms with Gasteiger partial charge in [-0.1, -0.05) is 6.07 Å². The van der Waals surface area contributed by atoms with Crippen molar-refractivity contribution in [3.63, 3.8) is 0 Å². The van der Waals surface area contributed by atoms with E-state index in [2.05, 4.69) is 47.8 Å². The van der Waals surface area contributed by atoms with Crippen LogP contribution in [0.3, 0.4) is 0 Å². The summed E-state index contributed by atoms with van der Waals surface area (Å²) in [5, 5.41) is 21.2. The SMILES string of the molecule is CC(=O)N1CC(NC2CC(C(=O)NC[C@H](O)CN3CCc4cc(OCc5cnco5)ccc4C3)N(C)C(N3CCOCC3)N2)C1. The molecule has 14 heteroatoms. The third-order valence-corrected chi connectivity index (χ3v) is 9.26. The first-order chi connectivity index (χ1) is 21.8. The molecule has 0 radical (unpaired) electrons. The van der Waals surface area contributed by atoms with Crippen LogP contribution in [0.4, 0.5) is 0 Å². The number of oxazole rings is 1. The lowest BCUT2D eigenvalue weighted by molar-refractivity contribution is -0.138. The van der Waals surface area contributed by atoms with Crippen LogP contribution in [0.25, 0.3) is 0 Å². The number of carbonyl (C=O) groups is 2. The van der Waals surface area contributed by atoms with Crippen LogP contribution in [0, 0.1) is 0 Å². The van der Waals surface area contributed by atoms with Gasteiger partial charge < -0.3 is 29.2 Å². The number of benzene rings is 1. The van der Waals surface area contributed by atoms with Crippen LogP contribution in [0.1, 0.15) is 30.2 Å². The van der Waals surface area contributed by atoms with Gasteiger partial charge in [0.1, 0.15) is 18.6 Å². The zero-order chi connectivity index (χ0) is 31.3. The predicted octanol–water partition coefficient (Wildman–Crippen LogP) is -0.855. The lowest BCUT2D eigenvalue weighted by Crippen LogP contribution is -2.73. The Kier molecular flexibility index (Phi) is 10.3. The van der Waals surface area contributed by atoms with Gasteiger partial charge in [0.15, 0.2) is 12.2 Å². The number of fused-ring (bicyclic) bond motifs is 1. The highest BCUT2D eigenvalue weighted by Crippen LogP contribution is 2.25. The number of likely N-dealkylation sites (N-methyl/N-ethyl adjacent to an activating group) is 1. The standard InChI is InChI=1S/C31H46N8O6/c1-21(40)39-16-24(17-39)34-29-12-28(36(2)31(35-29)38-7-9-43-10-8-38)30(42)33-13-25(41)18-37-6-5-22-11-26(4-3-23(22)15-37)44-19-27-14-32-20-45-27/h3-4,11,14,20,24-25,28-29,31,34-35,41H,5-10,12-13,15-19H2,1-2H3,(H,33,42)/t25-,28?,29?,31?/m0/s1. The maximum Gasteiger partial charge on any atom is 0.237 e. The molecular formula is C31H46N8O6. The first-order valence-corrected chi connectivity index (χ1v) is 15.9. The van der Waals surface area contributed by atoms with Crippen LogP contribution in [-0.2, 0) is 33.9 Å². The molecule has 4 aliphatic heterocycles. The molecule has 4 aliphatic rings. The smallest absolute Gasteiger partial charge is 0.237 e. The Morgan fingerprint density at radius 1 is 1.20 bits per heavy atom. The second-order valence-electron chi connectivity index (χ2n) is 12.5. The summed E-state index contributed by atoms with van der Waals surface area (Å²) in [7, 11) is 1.97. The fourth-order valence-corrected chi connectivity index (χ4v) is 6.64. The average Bonchev–Trinajstić information content (AvgIpc) is 3.55. The molecule has 3 unspecified atom stereocenters. The lowest BCUT2D eigenvalue weighted by Gasteiger charge is -2.50. The third kappa shape index (κ3) is 8.01. The zero-order valence-electron chi connectivity index (χ0n) is 26.2. The highest BCUT2D eigenvalue weighted by Gasteiger charge is 2.41. The minimum Gasteiger partial charge on any atom is -0.486 e. The number of ether oxygens (including phenoxy) is 2. The Labute approximate surface area is 264 Å². The lowest BCUT2D eigenvalue weighted by atomic mass is 9.99. The minimum atomic E-state index is -0.691. The molecule has 246 valence electrons. The number of aliphatic hydroxyl groups excluding tert-OH is 1. The summed E-state index contributed by atoms with van der Waals surface area (Å²) in [5.74, 6) is 1.46. The molecule has 0 aliphatic carbocycles. The summed E-state index contributed by atoms with van der Waals surface area (Å²) >= 11 is 0. The number of aromatic nitrogens is 1. The Bertz CT molecular complexity index is 1280. The molecule has 0 bridgehead atoms. The summed E-state index contributed by atoms with van der Waals surface area (Å²) in [6.07, 6.45) is 3.55. The molecular weight excluding hydrogens is 580 g/mol. The Balaban J connectivity index is 0.991. The van der Waals surface area contributed by atoms with Crippen molar-refractivity contribution in [2.24, 2.45) is 0 Å². The predicted molar refractivity (Wildman–Crippen MR) is 164 cm³/mol. The molecule has 4 N–H and O–H groups in total. The highest BCUT2D eigenvalue weighted by atomic mass is 16.5. The van der Waals surface area contributed by atoms with Crippen LogP contribution < -0.4 is 20.7 Å². The van der Waals surface area contributed by atoms with Crippen LogP contribution in [0.5, 0.6) is 5.75 Å². The summed E-state index contributed by atoms with van der Waals surface area (Å²) < 4.78 is 16.7. The van der Waals surface area contributed by atoms with Gasteiger partial charge in [-0.15, -0.1) is 0 Å². The number of hydrogen-bond donors (Lipinski definition) is 4. The van der Waals surface area contributed by atoms with E-state index < -0.39 is 6.10 Å². The Morgan fingerprint density at radius 2 is 2.02 bits per heavy atom. The number of aliphatic hydroxyl groups is 1. The third-order valence-electron chi connectivity index (χ3n) is 9.26. The monoisotopic (exact) mass is 626 g/mol. The van der Waals surface area contributed by atoms with Crippen molar-refractivity contribution < 1.29 is 28.6 Å².